The Morgan fingerprint density at radius 3 is 2.85 bits per heavy atom. The van der Waals surface area contributed by atoms with Crippen LogP contribution < -0.4 is 9.47 Å². The number of hydrogen-bond acceptors (Lipinski definition) is 7. The Bertz CT molecular complexity index is 795. The van der Waals surface area contributed by atoms with Gasteiger partial charge in [0.2, 0.25) is 0 Å². The number of ether oxygens (including phenoxy) is 3. The van der Waals surface area contributed by atoms with E-state index in [9.17, 15) is 9.59 Å². The van der Waals surface area contributed by atoms with Crippen molar-refractivity contribution in [3.8, 4) is 11.5 Å². The SMILES string of the molecule is O=C1CC[C@H](C(=O)N(Cc2nccs2)C[C@@H]2COc3ccccc3O2)O1. The Morgan fingerprint density at radius 1 is 1.27 bits per heavy atom. The second kappa shape index (κ2) is 7.33. The molecule has 1 saturated heterocycles. The highest BCUT2D eigenvalue weighted by molar-refractivity contribution is 7.09. The van der Waals surface area contributed by atoms with Gasteiger partial charge in [-0.15, -0.1) is 11.3 Å². The summed E-state index contributed by atoms with van der Waals surface area (Å²) in [5.74, 6) is 0.821. The summed E-state index contributed by atoms with van der Waals surface area (Å²) in [7, 11) is 0. The fourth-order valence-corrected chi connectivity index (χ4v) is 3.66. The highest BCUT2D eigenvalue weighted by Gasteiger charge is 2.35. The molecule has 0 radical (unpaired) electrons. The molecular weight excluding hydrogens is 356 g/mol. The van der Waals surface area contributed by atoms with Crippen molar-refractivity contribution in [3.63, 3.8) is 0 Å². The van der Waals surface area contributed by atoms with E-state index in [2.05, 4.69) is 4.98 Å². The summed E-state index contributed by atoms with van der Waals surface area (Å²) < 4.78 is 16.9. The molecule has 0 unspecified atom stereocenters. The Labute approximate surface area is 154 Å². The molecule has 4 rings (SSSR count). The molecule has 2 aliphatic rings. The second-order valence-corrected chi connectivity index (χ2v) is 7.14. The third-order valence-electron chi connectivity index (χ3n) is 4.27. The molecule has 7 nitrogen and oxygen atoms in total. The van der Waals surface area contributed by atoms with Crippen molar-refractivity contribution >= 4 is 23.2 Å². The van der Waals surface area contributed by atoms with Gasteiger partial charge >= 0.3 is 5.97 Å². The van der Waals surface area contributed by atoms with Crippen molar-refractivity contribution in [2.24, 2.45) is 0 Å². The van der Waals surface area contributed by atoms with Crippen LogP contribution in [0.15, 0.2) is 35.8 Å². The summed E-state index contributed by atoms with van der Waals surface area (Å²) in [6.07, 6.45) is 1.37. The molecule has 1 amide bonds. The highest BCUT2D eigenvalue weighted by atomic mass is 32.1. The molecule has 2 atom stereocenters. The average Bonchev–Trinajstić information content (AvgIpc) is 3.32. The maximum Gasteiger partial charge on any atom is 0.306 e. The third kappa shape index (κ3) is 3.65. The molecule has 0 saturated carbocycles. The molecule has 2 aromatic rings. The van der Waals surface area contributed by atoms with Crippen molar-refractivity contribution in [1.29, 1.82) is 0 Å². The molecular formula is C18H18N2O5S. The van der Waals surface area contributed by atoms with Gasteiger partial charge in [0.15, 0.2) is 23.7 Å². The zero-order valence-corrected chi connectivity index (χ0v) is 14.8. The van der Waals surface area contributed by atoms with Gasteiger partial charge < -0.3 is 19.1 Å². The van der Waals surface area contributed by atoms with Gasteiger partial charge in [-0.2, -0.15) is 0 Å². The minimum atomic E-state index is -0.723. The number of carbonyl (C=O) groups is 2. The van der Waals surface area contributed by atoms with Gasteiger partial charge in [-0.3, -0.25) is 9.59 Å². The molecule has 8 heteroatoms. The maximum absolute atomic E-state index is 12.9. The summed E-state index contributed by atoms with van der Waals surface area (Å²) in [5, 5.41) is 2.68. The topological polar surface area (TPSA) is 78.0 Å². The first-order valence-electron chi connectivity index (χ1n) is 8.44. The minimum Gasteiger partial charge on any atom is -0.486 e. The van der Waals surface area contributed by atoms with Gasteiger partial charge in [0, 0.05) is 24.4 Å². The van der Waals surface area contributed by atoms with Crippen LogP contribution in [0.25, 0.3) is 0 Å². The standard InChI is InChI=1S/C18H18N2O5S/c21-17-6-5-15(25-17)18(22)20(10-16-19-7-8-26-16)9-12-11-23-13-3-1-2-4-14(13)24-12/h1-4,7-8,12,15H,5-6,9-11H2/t12-,15-/m1/s1. The van der Waals surface area contributed by atoms with E-state index in [0.29, 0.717) is 37.6 Å². The molecule has 26 heavy (non-hydrogen) atoms. The van der Waals surface area contributed by atoms with E-state index in [1.807, 2.05) is 29.6 Å². The number of amides is 1. The summed E-state index contributed by atoms with van der Waals surface area (Å²) in [4.78, 5) is 30.1. The lowest BCUT2D eigenvalue weighted by molar-refractivity contribution is -0.154. The van der Waals surface area contributed by atoms with Crippen molar-refractivity contribution in [2.45, 2.75) is 31.6 Å². The van der Waals surface area contributed by atoms with Crippen LogP contribution in [0.3, 0.4) is 0 Å². The molecule has 136 valence electrons. The van der Waals surface area contributed by atoms with E-state index in [1.54, 1.807) is 11.1 Å². The van der Waals surface area contributed by atoms with Crippen LogP contribution in [0.4, 0.5) is 0 Å². The van der Waals surface area contributed by atoms with Crippen LogP contribution in [0.1, 0.15) is 17.8 Å². The minimum absolute atomic E-state index is 0.214. The Morgan fingerprint density at radius 2 is 2.12 bits per heavy atom. The van der Waals surface area contributed by atoms with E-state index in [4.69, 9.17) is 14.2 Å². The number of nitrogens with zero attached hydrogens (tertiary/aromatic N) is 2. The number of para-hydroxylation sites is 2. The largest absolute Gasteiger partial charge is 0.486 e. The van der Waals surface area contributed by atoms with Crippen LogP contribution in [-0.4, -0.2) is 47.1 Å². The molecule has 2 aliphatic heterocycles. The number of thiazole rings is 1. The maximum atomic E-state index is 12.9. The molecule has 1 fully saturated rings. The number of esters is 1. The Kier molecular flexibility index (Phi) is 4.75. The fraction of sp³-hybridized carbons (Fsp3) is 0.389. The van der Waals surface area contributed by atoms with E-state index >= 15 is 0 Å². The molecule has 0 aliphatic carbocycles. The lowest BCUT2D eigenvalue weighted by Crippen LogP contribution is -2.46. The molecule has 0 bridgehead atoms. The third-order valence-corrected chi connectivity index (χ3v) is 5.04. The van der Waals surface area contributed by atoms with Gasteiger partial charge in [0.1, 0.15) is 11.6 Å². The summed E-state index contributed by atoms with van der Waals surface area (Å²) >= 11 is 1.48. The van der Waals surface area contributed by atoms with Gasteiger partial charge in [0.05, 0.1) is 13.1 Å². The van der Waals surface area contributed by atoms with Crippen molar-refractivity contribution in [1.82, 2.24) is 9.88 Å². The predicted octanol–water partition coefficient (Wildman–Crippen LogP) is 2.02. The van der Waals surface area contributed by atoms with Crippen molar-refractivity contribution < 1.29 is 23.8 Å². The number of benzene rings is 1. The molecule has 1 aromatic carbocycles. The van der Waals surface area contributed by atoms with E-state index < -0.39 is 6.10 Å². The number of carbonyl (C=O) groups excluding carboxylic acids is 2. The smallest absolute Gasteiger partial charge is 0.306 e. The number of hydrogen-bond donors (Lipinski definition) is 0. The average molecular weight is 374 g/mol. The summed E-state index contributed by atoms with van der Waals surface area (Å²) in [6.45, 7) is 1.04. The lowest BCUT2D eigenvalue weighted by Gasteiger charge is -2.31. The van der Waals surface area contributed by atoms with Crippen LogP contribution >= 0.6 is 11.3 Å². The van der Waals surface area contributed by atoms with Crippen LogP contribution in [0.5, 0.6) is 11.5 Å². The molecule has 0 spiro atoms. The molecule has 1 aromatic heterocycles. The van der Waals surface area contributed by atoms with Crippen molar-refractivity contribution in [2.75, 3.05) is 13.2 Å². The van der Waals surface area contributed by atoms with E-state index in [1.165, 1.54) is 11.3 Å². The van der Waals surface area contributed by atoms with Gasteiger partial charge in [-0.1, -0.05) is 12.1 Å². The van der Waals surface area contributed by atoms with Crippen LogP contribution in [0, 0.1) is 0 Å². The number of rotatable bonds is 5. The fourth-order valence-electron chi connectivity index (χ4n) is 3.03. The quantitative estimate of drug-likeness (QED) is 0.745. The Hall–Kier alpha value is -2.61. The highest BCUT2D eigenvalue weighted by Crippen LogP contribution is 2.31. The predicted molar refractivity (Wildman–Crippen MR) is 93.0 cm³/mol. The number of fused-ring (bicyclic) bond motifs is 1. The number of aromatic nitrogens is 1. The van der Waals surface area contributed by atoms with Crippen LogP contribution in [0.2, 0.25) is 0 Å². The van der Waals surface area contributed by atoms with E-state index in [-0.39, 0.29) is 24.4 Å². The zero-order valence-electron chi connectivity index (χ0n) is 14.0. The van der Waals surface area contributed by atoms with Gasteiger partial charge in [-0.05, 0) is 12.1 Å². The zero-order chi connectivity index (χ0) is 17.9. The second-order valence-electron chi connectivity index (χ2n) is 6.16. The van der Waals surface area contributed by atoms with Gasteiger partial charge in [-0.25, -0.2) is 4.98 Å². The van der Waals surface area contributed by atoms with Crippen LogP contribution in [-0.2, 0) is 20.9 Å². The van der Waals surface area contributed by atoms with Crippen molar-refractivity contribution in [3.05, 3.63) is 40.8 Å². The first-order valence-corrected chi connectivity index (χ1v) is 9.32. The summed E-state index contributed by atoms with van der Waals surface area (Å²) in [6, 6.07) is 7.45. The monoisotopic (exact) mass is 374 g/mol. The number of cyclic esters (lactones) is 1. The normalized spacial score (nSPS) is 21.3. The first kappa shape index (κ1) is 16.8. The first-order chi connectivity index (χ1) is 12.7. The summed E-state index contributed by atoms with van der Waals surface area (Å²) in [5.41, 5.74) is 0. The lowest BCUT2D eigenvalue weighted by atomic mass is 10.2. The molecule has 0 N–H and O–H groups in total. The van der Waals surface area contributed by atoms with E-state index in [0.717, 1.165) is 5.01 Å². The Balaban J connectivity index is 1.48. The molecule has 3 heterocycles. The van der Waals surface area contributed by atoms with Gasteiger partial charge in [0.25, 0.3) is 5.91 Å².